The van der Waals surface area contributed by atoms with Crippen molar-refractivity contribution in [2.75, 3.05) is 37.2 Å². The van der Waals surface area contributed by atoms with Gasteiger partial charge < -0.3 is 20.9 Å². The number of carbonyl (C=O) groups is 3. The lowest BCUT2D eigenvalue weighted by Gasteiger charge is -2.33. The third-order valence-electron chi connectivity index (χ3n) is 3.46. The third-order valence-corrected chi connectivity index (χ3v) is 3.79. The Labute approximate surface area is 133 Å². The number of anilines is 2. The van der Waals surface area contributed by atoms with E-state index in [9.17, 15) is 14.4 Å². The molecule has 1 aliphatic rings. The lowest BCUT2D eigenvalue weighted by atomic mass is 10.2. The van der Waals surface area contributed by atoms with Gasteiger partial charge in [-0.05, 0) is 18.2 Å². The number of amides is 3. The minimum Gasteiger partial charge on any atom is -0.398 e. The van der Waals surface area contributed by atoms with E-state index in [4.69, 9.17) is 17.3 Å². The number of benzene rings is 1. The van der Waals surface area contributed by atoms with E-state index in [0.29, 0.717) is 42.6 Å². The molecule has 0 aromatic heterocycles. The predicted octanol–water partition coefficient (Wildman–Crippen LogP) is 0.551. The second kappa shape index (κ2) is 6.65. The van der Waals surface area contributed by atoms with Crippen LogP contribution in [-0.4, -0.2) is 53.7 Å². The first-order chi connectivity index (χ1) is 10.4. The van der Waals surface area contributed by atoms with Gasteiger partial charge in [0.15, 0.2) is 0 Å². The zero-order chi connectivity index (χ0) is 16.3. The lowest BCUT2D eigenvalue weighted by molar-refractivity contribution is -0.145. The molecule has 0 bridgehead atoms. The van der Waals surface area contributed by atoms with E-state index in [-0.39, 0.29) is 5.91 Å². The van der Waals surface area contributed by atoms with Gasteiger partial charge in [-0.25, -0.2) is 0 Å². The van der Waals surface area contributed by atoms with Crippen LogP contribution in [0.4, 0.5) is 11.4 Å². The summed E-state index contributed by atoms with van der Waals surface area (Å²) in [4.78, 5) is 38.3. The van der Waals surface area contributed by atoms with Gasteiger partial charge in [-0.2, -0.15) is 0 Å². The van der Waals surface area contributed by atoms with Crippen LogP contribution in [0.15, 0.2) is 18.2 Å². The Kier molecular flexibility index (Phi) is 4.87. The molecule has 0 aliphatic carbocycles. The molecule has 1 saturated heterocycles. The van der Waals surface area contributed by atoms with Crippen molar-refractivity contribution in [3.8, 4) is 0 Å². The van der Waals surface area contributed by atoms with E-state index in [1.165, 1.54) is 17.9 Å². The number of nitrogens with one attached hydrogen (secondary N) is 1. The van der Waals surface area contributed by atoms with Crippen LogP contribution in [0.1, 0.15) is 6.92 Å². The fourth-order valence-electron chi connectivity index (χ4n) is 2.16. The van der Waals surface area contributed by atoms with Gasteiger partial charge in [-0.15, -0.1) is 0 Å². The maximum absolute atomic E-state index is 12.1. The molecule has 2 rings (SSSR count). The average molecular weight is 325 g/mol. The van der Waals surface area contributed by atoms with Crippen LogP contribution in [0.3, 0.4) is 0 Å². The van der Waals surface area contributed by atoms with Crippen molar-refractivity contribution < 1.29 is 14.4 Å². The first-order valence-corrected chi connectivity index (χ1v) is 7.17. The molecule has 0 saturated carbocycles. The molecule has 22 heavy (non-hydrogen) atoms. The van der Waals surface area contributed by atoms with E-state index in [2.05, 4.69) is 5.32 Å². The Bertz CT molecular complexity index is 612. The van der Waals surface area contributed by atoms with Gasteiger partial charge in [-0.1, -0.05) is 11.6 Å². The first-order valence-electron chi connectivity index (χ1n) is 6.79. The molecular formula is C14H17ClN4O3. The molecule has 7 nitrogen and oxygen atoms in total. The van der Waals surface area contributed by atoms with Crippen molar-refractivity contribution in [3.05, 3.63) is 23.2 Å². The van der Waals surface area contributed by atoms with Gasteiger partial charge >= 0.3 is 11.8 Å². The van der Waals surface area contributed by atoms with Crippen LogP contribution < -0.4 is 11.1 Å². The van der Waals surface area contributed by atoms with E-state index < -0.39 is 11.8 Å². The predicted molar refractivity (Wildman–Crippen MR) is 83.3 cm³/mol. The van der Waals surface area contributed by atoms with Crippen molar-refractivity contribution in [2.45, 2.75) is 6.92 Å². The molecule has 1 aromatic rings. The number of nitrogens with zero attached hydrogens (tertiary/aromatic N) is 2. The Morgan fingerprint density at radius 3 is 2.27 bits per heavy atom. The summed E-state index contributed by atoms with van der Waals surface area (Å²) in [6.07, 6.45) is 0. The maximum atomic E-state index is 12.1. The highest BCUT2D eigenvalue weighted by Crippen LogP contribution is 2.22. The maximum Gasteiger partial charge on any atom is 0.313 e. The number of rotatable bonds is 1. The van der Waals surface area contributed by atoms with Gasteiger partial charge in [0.1, 0.15) is 0 Å². The van der Waals surface area contributed by atoms with Gasteiger partial charge in [0.2, 0.25) is 5.91 Å². The van der Waals surface area contributed by atoms with Gasteiger partial charge in [0.25, 0.3) is 0 Å². The summed E-state index contributed by atoms with van der Waals surface area (Å²) in [6.45, 7) is 3.03. The fourth-order valence-corrected chi connectivity index (χ4v) is 2.34. The van der Waals surface area contributed by atoms with Crippen LogP contribution in [0, 0.1) is 0 Å². The first kappa shape index (κ1) is 16.1. The number of hydrogen-bond donors (Lipinski definition) is 2. The monoisotopic (exact) mass is 324 g/mol. The number of halogens is 1. The molecule has 118 valence electrons. The number of piperazine rings is 1. The lowest BCUT2D eigenvalue weighted by Crippen LogP contribution is -2.52. The largest absolute Gasteiger partial charge is 0.398 e. The number of nitrogen functional groups attached to an aromatic ring is 1. The van der Waals surface area contributed by atoms with E-state index >= 15 is 0 Å². The summed E-state index contributed by atoms with van der Waals surface area (Å²) >= 11 is 5.86. The highest BCUT2D eigenvalue weighted by Gasteiger charge is 2.26. The van der Waals surface area contributed by atoms with Crippen molar-refractivity contribution in [2.24, 2.45) is 0 Å². The Balaban J connectivity index is 1.94. The molecule has 0 radical (unpaired) electrons. The zero-order valence-electron chi connectivity index (χ0n) is 12.1. The summed E-state index contributed by atoms with van der Waals surface area (Å²) in [5, 5.41) is 2.80. The summed E-state index contributed by atoms with van der Waals surface area (Å²) in [6, 6.07) is 4.60. The van der Waals surface area contributed by atoms with Crippen molar-refractivity contribution in [1.29, 1.82) is 0 Å². The van der Waals surface area contributed by atoms with Crippen molar-refractivity contribution in [3.63, 3.8) is 0 Å². The van der Waals surface area contributed by atoms with Crippen LogP contribution in [0.25, 0.3) is 0 Å². The van der Waals surface area contributed by atoms with Gasteiger partial charge in [0, 0.05) is 38.8 Å². The molecule has 3 amide bonds. The van der Waals surface area contributed by atoms with Crippen LogP contribution in [0.5, 0.6) is 0 Å². The fraction of sp³-hybridized carbons (Fsp3) is 0.357. The third kappa shape index (κ3) is 3.67. The Morgan fingerprint density at radius 2 is 1.73 bits per heavy atom. The minimum absolute atomic E-state index is 0.0342. The molecule has 0 spiro atoms. The van der Waals surface area contributed by atoms with Crippen LogP contribution >= 0.6 is 11.6 Å². The average Bonchev–Trinajstić information content (AvgIpc) is 2.50. The topological polar surface area (TPSA) is 95.7 Å². The molecule has 8 heteroatoms. The second-order valence-corrected chi connectivity index (χ2v) is 5.40. The highest BCUT2D eigenvalue weighted by atomic mass is 35.5. The molecule has 3 N–H and O–H groups in total. The standard InChI is InChI=1S/C14H17ClN4O3/c1-9(20)18-4-6-19(7-5-18)14(22)13(21)17-10-2-3-12(16)11(15)8-10/h2-3,8H,4-7,16H2,1H3,(H,17,21). The van der Waals surface area contributed by atoms with Gasteiger partial charge in [-0.3, -0.25) is 14.4 Å². The molecule has 0 unspecified atom stereocenters. The number of nitrogens with two attached hydrogens (primary N) is 1. The van der Waals surface area contributed by atoms with Crippen molar-refractivity contribution >= 4 is 40.7 Å². The SMILES string of the molecule is CC(=O)N1CCN(C(=O)C(=O)Nc2ccc(N)c(Cl)c2)CC1. The molecule has 0 atom stereocenters. The summed E-state index contributed by atoms with van der Waals surface area (Å²) in [5.41, 5.74) is 6.38. The van der Waals surface area contributed by atoms with E-state index in [1.54, 1.807) is 17.0 Å². The second-order valence-electron chi connectivity index (χ2n) is 4.99. The van der Waals surface area contributed by atoms with Crippen molar-refractivity contribution in [1.82, 2.24) is 9.80 Å². The smallest absolute Gasteiger partial charge is 0.313 e. The van der Waals surface area contributed by atoms with Gasteiger partial charge in [0.05, 0.1) is 10.7 Å². The molecular weight excluding hydrogens is 308 g/mol. The zero-order valence-corrected chi connectivity index (χ0v) is 12.9. The number of hydrogen-bond acceptors (Lipinski definition) is 4. The molecule has 1 aromatic carbocycles. The quantitative estimate of drug-likeness (QED) is 0.582. The molecule has 1 fully saturated rings. The molecule has 1 aliphatic heterocycles. The Morgan fingerprint density at radius 1 is 1.14 bits per heavy atom. The van der Waals surface area contributed by atoms with E-state index in [0.717, 1.165) is 0 Å². The highest BCUT2D eigenvalue weighted by molar-refractivity contribution is 6.40. The van der Waals surface area contributed by atoms with Crippen LogP contribution in [0.2, 0.25) is 5.02 Å². The summed E-state index contributed by atoms with van der Waals surface area (Å²) in [5.74, 6) is -1.40. The number of carbonyl (C=O) groups excluding carboxylic acids is 3. The normalized spacial score (nSPS) is 14.6. The minimum atomic E-state index is -0.739. The molecule has 1 heterocycles. The van der Waals surface area contributed by atoms with Crippen LogP contribution in [-0.2, 0) is 14.4 Å². The Hall–Kier alpha value is -2.28. The summed E-state index contributed by atoms with van der Waals surface area (Å²) < 4.78 is 0. The van der Waals surface area contributed by atoms with E-state index in [1.807, 2.05) is 0 Å². The summed E-state index contributed by atoms with van der Waals surface area (Å²) in [7, 11) is 0.